The minimum absolute atomic E-state index is 0.0871. The van der Waals surface area contributed by atoms with Gasteiger partial charge in [0, 0.05) is 11.6 Å². The van der Waals surface area contributed by atoms with Crippen molar-refractivity contribution in [1.29, 1.82) is 0 Å². The molecular formula is C23H30ClN3O3S. The van der Waals surface area contributed by atoms with Gasteiger partial charge in [-0.25, -0.2) is 0 Å². The predicted molar refractivity (Wildman–Crippen MR) is 128 cm³/mol. The summed E-state index contributed by atoms with van der Waals surface area (Å²) in [4.78, 5) is 27.2. The van der Waals surface area contributed by atoms with Crippen LogP contribution in [0.2, 0.25) is 5.02 Å². The van der Waals surface area contributed by atoms with Crippen LogP contribution in [0.3, 0.4) is 0 Å². The first kappa shape index (κ1) is 25.0. The Labute approximate surface area is 193 Å². The SMILES string of the molecule is CSCCC(NC(=O)COc1ccccc1)C(=O)NCC(c1ccccc1Cl)N(C)C. The average Bonchev–Trinajstić information content (AvgIpc) is 2.76. The number of hydrogen-bond acceptors (Lipinski definition) is 5. The highest BCUT2D eigenvalue weighted by atomic mass is 35.5. The Hall–Kier alpha value is -2.22. The second-order valence-corrected chi connectivity index (χ2v) is 8.64. The molecule has 6 nitrogen and oxygen atoms in total. The normalized spacial score (nSPS) is 12.8. The quantitative estimate of drug-likeness (QED) is 0.505. The molecule has 2 unspecified atom stereocenters. The standard InChI is InChI=1S/C23H30ClN3O3S/c1-27(2)21(18-11-7-8-12-19(18)24)15-25-23(29)20(13-14-31-3)26-22(28)16-30-17-9-5-4-6-10-17/h4-12,20-21H,13-16H2,1-3H3,(H,25,29)(H,26,28). The predicted octanol–water partition coefficient (Wildman–Crippen LogP) is 3.38. The Kier molecular flexibility index (Phi) is 10.7. The molecule has 2 rings (SSSR count). The van der Waals surface area contributed by atoms with Crippen LogP contribution in [0.15, 0.2) is 54.6 Å². The molecule has 0 aliphatic carbocycles. The largest absolute Gasteiger partial charge is 0.484 e. The van der Waals surface area contributed by atoms with Crippen LogP contribution in [0.25, 0.3) is 0 Å². The maximum absolute atomic E-state index is 12.9. The topological polar surface area (TPSA) is 70.7 Å². The van der Waals surface area contributed by atoms with E-state index in [0.717, 1.165) is 11.3 Å². The van der Waals surface area contributed by atoms with Gasteiger partial charge in [0.15, 0.2) is 6.61 Å². The van der Waals surface area contributed by atoms with E-state index >= 15 is 0 Å². The van der Waals surface area contributed by atoms with Crippen LogP contribution in [0.5, 0.6) is 5.75 Å². The van der Waals surface area contributed by atoms with E-state index in [1.54, 1.807) is 23.9 Å². The van der Waals surface area contributed by atoms with E-state index in [-0.39, 0.29) is 24.5 Å². The van der Waals surface area contributed by atoms with Crippen LogP contribution in [-0.2, 0) is 9.59 Å². The van der Waals surface area contributed by atoms with E-state index in [1.807, 2.05) is 67.7 Å². The summed E-state index contributed by atoms with van der Waals surface area (Å²) < 4.78 is 5.48. The fraction of sp³-hybridized carbons (Fsp3) is 0.391. The van der Waals surface area contributed by atoms with Gasteiger partial charge in [-0.2, -0.15) is 11.8 Å². The van der Waals surface area contributed by atoms with Gasteiger partial charge in [0.25, 0.3) is 5.91 Å². The summed E-state index contributed by atoms with van der Waals surface area (Å²) in [6.07, 6.45) is 2.50. The molecule has 0 saturated heterocycles. The molecule has 0 aliphatic rings. The van der Waals surface area contributed by atoms with E-state index in [9.17, 15) is 9.59 Å². The maximum Gasteiger partial charge on any atom is 0.258 e. The van der Waals surface area contributed by atoms with Gasteiger partial charge in [0.05, 0.1) is 6.04 Å². The van der Waals surface area contributed by atoms with Gasteiger partial charge < -0.3 is 20.3 Å². The summed E-state index contributed by atoms with van der Waals surface area (Å²) in [6.45, 7) is 0.231. The molecular weight excluding hydrogens is 434 g/mol. The molecule has 0 radical (unpaired) electrons. The van der Waals surface area contributed by atoms with Gasteiger partial charge >= 0.3 is 0 Å². The number of thioether (sulfide) groups is 1. The Bertz CT molecular complexity index is 836. The number of carbonyl (C=O) groups excluding carboxylic acids is 2. The number of nitrogens with zero attached hydrogens (tertiary/aromatic N) is 1. The number of nitrogens with one attached hydrogen (secondary N) is 2. The number of likely N-dealkylation sites (N-methyl/N-ethyl adjacent to an activating group) is 1. The zero-order chi connectivity index (χ0) is 22.6. The van der Waals surface area contributed by atoms with Crippen LogP contribution in [0.4, 0.5) is 0 Å². The van der Waals surface area contributed by atoms with Crippen molar-refractivity contribution in [2.45, 2.75) is 18.5 Å². The molecule has 0 spiro atoms. The zero-order valence-electron chi connectivity index (χ0n) is 18.1. The molecule has 0 aromatic heterocycles. The van der Waals surface area contributed by atoms with Gasteiger partial charge in [0.2, 0.25) is 5.91 Å². The number of hydrogen-bond donors (Lipinski definition) is 2. The molecule has 0 heterocycles. The summed E-state index contributed by atoms with van der Waals surface area (Å²) in [5.74, 6) is 0.803. The fourth-order valence-corrected chi connectivity index (χ4v) is 3.78. The van der Waals surface area contributed by atoms with Gasteiger partial charge in [-0.05, 0) is 56.3 Å². The molecule has 0 saturated carbocycles. The molecule has 31 heavy (non-hydrogen) atoms. The Morgan fingerprint density at radius 1 is 1.10 bits per heavy atom. The van der Waals surface area contributed by atoms with Crippen molar-refractivity contribution in [3.63, 3.8) is 0 Å². The van der Waals surface area contributed by atoms with Crippen molar-refractivity contribution in [3.05, 3.63) is 65.2 Å². The van der Waals surface area contributed by atoms with E-state index in [2.05, 4.69) is 10.6 Å². The monoisotopic (exact) mass is 463 g/mol. The molecule has 2 atom stereocenters. The second-order valence-electron chi connectivity index (χ2n) is 7.25. The molecule has 2 N–H and O–H groups in total. The lowest BCUT2D eigenvalue weighted by molar-refractivity contribution is -0.130. The lowest BCUT2D eigenvalue weighted by Gasteiger charge is -2.27. The number of ether oxygens (including phenoxy) is 1. The number of halogens is 1. The average molecular weight is 464 g/mol. The van der Waals surface area contributed by atoms with Crippen molar-refractivity contribution < 1.29 is 14.3 Å². The Morgan fingerprint density at radius 2 is 1.77 bits per heavy atom. The third kappa shape index (κ3) is 8.44. The van der Waals surface area contributed by atoms with Crippen molar-refractivity contribution in [2.75, 3.05) is 39.3 Å². The molecule has 0 bridgehead atoms. The van der Waals surface area contributed by atoms with Crippen molar-refractivity contribution in [3.8, 4) is 5.75 Å². The Balaban J connectivity index is 1.96. The summed E-state index contributed by atoms with van der Waals surface area (Å²) in [7, 11) is 3.88. The number of rotatable bonds is 12. The van der Waals surface area contributed by atoms with Gasteiger partial charge in [0.1, 0.15) is 11.8 Å². The smallest absolute Gasteiger partial charge is 0.258 e. The molecule has 2 aromatic rings. The van der Waals surface area contributed by atoms with Gasteiger partial charge in [-0.1, -0.05) is 48.0 Å². The van der Waals surface area contributed by atoms with Crippen molar-refractivity contribution in [1.82, 2.24) is 15.5 Å². The third-order valence-electron chi connectivity index (χ3n) is 4.73. The minimum Gasteiger partial charge on any atom is -0.484 e. The van der Waals surface area contributed by atoms with E-state index in [4.69, 9.17) is 16.3 Å². The number of para-hydroxylation sites is 1. The minimum atomic E-state index is -0.631. The zero-order valence-corrected chi connectivity index (χ0v) is 19.7. The van der Waals surface area contributed by atoms with Crippen LogP contribution >= 0.6 is 23.4 Å². The van der Waals surface area contributed by atoms with E-state index < -0.39 is 6.04 Å². The number of benzene rings is 2. The van der Waals surface area contributed by atoms with E-state index in [1.165, 1.54) is 0 Å². The molecule has 8 heteroatoms. The first-order chi connectivity index (χ1) is 14.9. The lowest BCUT2D eigenvalue weighted by Crippen LogP contribution is -2.49. The van der Waals surface area contributed by atoms with Crippen molar-refractivity contribution >= 4 is 35.2 Å². The van der Waals surface area contributed by atoms with E-state index in [0.29, 0.717) is 23.7 Å². The highest BCUT2D eigenvalue weighted by Gasteiger charge is 2.23. The molecule has 0 aliphatic heterocycles. The summed E-state index contributed by atoms with van der Waals surface area (Å²) in [6, 6.07) is 16.0. The van der Waals surface area contributed by atoms with Gasteiger partial charge in [-0.15, -0.1) is 0 Å². The van der Waals surface area contributed by atoms with Crippen LogP contribution in [-0.4, -0.2) is 62.0 Å². The second kappa shape index (κ2) is 13.2. The van der Waals surface area contributed by atoms with Crippen LogP contribution < -0.4 is 15.4 Å². The highest BCUT2D eigenvalue weighted by molar-refractivity contribution is 7.98. The lowest BCUT2D eigenvalue weighted by atomic mass is 10.1. The van der Waals surface area contributed by atoms with Crippen LogP contribution in [0.1, 0.15) is 18.0 Å². The summed E-state index contributed by atoms with van der Waals surface area (Å²) in [5.41, 5.74) is 0.940. The molecule has 2 amide bonds. The first-order valence-electron chi connectivity index (χ1n) is 10.1. The first-order valence-corrected chi connectivity index (χ1v) is 11.8. The maximum atomic E-state index is 12.9. The number of carbonyl (C=O) groups is 2. The highest BCUT2D eigenvalue weighted by Crippen LogP contribution is 2.25. The Morgan fingerprint density at radius 3 is 2.42 bits per heavy atom. The van der Waals surface area contributed by atoms with Gasteiger partial charge in [-0.3, -0.25) is 9.59 Å². The third-order valence-corrected chi connectivity index (χ3v) is 5.72. The molecule has 2 aromatic carbocycles. The van der Waals surface area contributed by atoms with Crippen molar-refractivity contribution in [2.24, 2.45) is 0 Å². The fourth-order valence-electron chi connectivity index (χ4n) is 3.04. The number of amides is 2. The summed E-state index contributed by atoms with van der Waals surface area (Å²) >= 11 is 7.98. The molecule has 168 valence electrons. The summed E-state index contributed by atoms with van der Waals surface area (Å²) in [5, 5.41) is 6.42. The molecule has 0 fully saturated rings. The van der Waals surface area contributed by atoms with Crippen LogP contribution in [0, 0.1) is 0 Å².